The number of carbonyl (C=O) groups is 1. The summed E-state index contributed by atoms with van der Waals surface area (Å²) in [5, 5.41) is 4.00. The van der Waals surface area contributed by atoms with E-state index in [2.05, 4.69) is 50.3 Å². The van der Waals surface area contributed by atoms with Crippen LogP contribution in [0.25, 0.3) is 0 Å². The van der Waals surface area contributed by atoms with Gasteiger partial charge in [0.1, 0.15) is 0 Å². The monoisotopic (exact) mass is 468 g/mol. The molecule has 33 heavy (non-hydrogen) atoms. The molecule has 0 aliphatic carbocycles. The minimum absolute atomic E-state index is 0.0646. The number of carbonyl (C=O) groups excluding carboxylic acids is 1. The third-order valence-electron chi connectivity index (χ3n) is 7.19. The van der Waals surface area contributed by atoms with Crippen LogP contribution >= 0.6 is 11.6 Å². The molecule has 0 saturated carbocycles. The van der Waals surface area contributed by atoms with Crippen LogP contribution in [-0.4, -0.2) is 75.9 Å². The second kappa shape index (κ2) is 10.3. The lowest BCUT2D eigenvalue weighted by Crippen LogP contribution is -2.61. The molecular weight excluding hydrogens is 436 g/mol. The Balaban J connectivity index is 1.27. The molecule has 2 atom stereocenters. The fourth-order valence-electron chi connectivity index (χ4n) is 5.43. The number of nitrogens with one attached hydrogen (secondary N) is 1. The second-order valence-corrected chi connectivity index (χ2v) is 9.66. The predicted octanol–water partition coefficient (Wildman–Crippen LogP) is 3.05. The van der Waals surface area contributed by atoms with Gasteiger partial charge in [-0.1, -0.05) is 35.9 Å². The molecule has 3 heterocycles. The number of ether oxygens (including phenoxy) is 1. The zero-order chi connectivity index (χ0) is 22.6. The average molecular weight is 469 g/mol. The van der Waals surface area contributed by atoms with Crippen LogP contribution < -0.4 is 15.1 Å². The van der Waals surface area contributed by atoms with Crippen LogP contribution in [0.1, 0.15) is 12.0 Å². The average Bonchev–Trinajstić information content (AvgIpc) is 2.86. The summed E-state index contributed by atoms with van der Waals surface area (Å²) in [7, 11) is 0. The number of anilines is 2. The summed E-state index contributed by atoms with van der Waals surface area (Å²) in [5.74, 6) is 0.111. The Kier molecular flexibility index (Phi) is 7.04. The van der Waals surface area contributed by atoms with Crippen molar-refractivity contribution < 1.29 is 9.53 Å². The Labute approximate surface area is 201 Å². The zero-order valence-corrected chi connectivity index (χ0v) is 19.8. The molecular formula is C26H33ClN4O2. The second-order valence-electron chi connectivity index (χ2n) is 9.22. The molecule has 0 radical (unpaired) electrons. The number of nitrogens with zero attached hydrogens (tertiary/aromatic N) is 3. The summed E-state index contributed by atoms with van der Waals surface area (Å²) in [6, 6.07) is 16.7. The Bertz CT molecular complexity index is 965. The van der Waals surface area contributed by atoms with Crippen LogP contribution in [0.5, 0.6) is 0 Å². The standard InChI is InChI=1S/C26H33ClN4O2/c27-21-6-3-7-22(18-21)30-11-12-31-24-8-2-1-5-20(24)17-23(25(31)19-30)26(32)28-9-4-10-29-13-15-33-16-14-29/h1-3,5-8,18,23,25H,4,9-17,19H2,(H,28,32)/t23-,25-/m1/s1. The Morgan fingerprint density at radius 2 is 1.91 bits per heavy atom. The van der Waals surface area contributed by atoms with Gasteiger partial charge in [0.25, 0.3) is 0 Å². The molecule has 5 rings (SSSR count). The summed E-state index contributed by atoms with van der Waals surface area (Å²) in [5.41, 5.74) is 3.69. The Morgan fingerprint density at radius 3 is 2.76 bits per heavy atom. The number of morpholine rings is 1. The van der Waals surface area contributed by atoms with Crippen LogP contribution in [0, 0.1) is 5.92 Å². The van der Waals surface area contributed by atoms with Gasteiger partial charge >= 0.3 is 0 Å². The van der Waals surface area contributed by atoms with Crippen molar-refractivity contribution in [2.75, 3.05) is 68.8 Å². The fourth-order valence-corrected chi connectivity index (χ4v) is 5.62. The number of hydrogen-bond donors (Lipinski definition) is 1. The number of fused-ring (bicyclic) bond motifs is 3. The minimum atomic E-state index is -0.0646. The molecule has 2 aromatic carbocycles. The first-order valence-electron chi connectivity index (χ1n) is 12.1. The lowest BCUT2D eigenvalue weighted by molar-refractivity contribution is -0.125. The number of rotatable bonds is 6. The van der Waals surface area contributed by atoms with Crippen molar-refractivity contribution >= 4 is 28.9 Å². The van der Waals surface area contributed by atoms with E-state index in [9.17, 15) is 4.79 Å². The molecule has 0 unspecified atom stereocenters. The molecule has 2 saturated heterocycles. The van der Waals surface area contributed by atoms with Gasteiger partial charge in [0.15, 0.2) is 0 Å². The topological polar surface area (TPSA) is 48.1 Å². The lowest BCUT2D eigenvalue weighted by atomic mass is 9.83. The smallest absolute Gasteiger partial charge is 0.225 e. The molecule has 3 aliphatic rings. The van der Waals surface area contributed by atoms with E-state index in [1.165, 1.54) is 11.3 Å². The molecule has 176 valence electrons. The van der Waals surface area contributed by atoms with E-state index in [4.69, 9.17) is 16.3 Å². The number of halogens is 1. The van der Waals surface area contributed by atoms with Gasteiger partial charge in [-0.25, -0.2) is 0 Å². The number of benzene rings is 2. The van der Waals surface area contributed by atoms with Crippen molar-refractivity contribution in [1.82, 2.24) is 10.2 Å². The first-order chi connectivity index (χ1) is 16.2. The summed E-state index contributed by atoms with van der Waals surface area (Å²) in [6.45, 7) is 7.97. The maximum absolute atomic E-state index is 13.4. The van der Waals surface area contributed by atoms with E-state index >= 15 is 0 Å². The van der Waals surface area contributed by atoms with E-state index in [0.717, 1.165) is 82.6 Å². The SMILES string of the molecule is O=C(NCCCN1CCOCC1)[C@@H]1Cc2ccccc2N2CCN(c3cccc(Cl)c3)C[C@H]12. The molecule has 1 amide bonds. The molecule has 1 N–H and O–H groups in total. The van der Waals surface area contributed by atoms with Crippen molar-refractivity contribution in [1.29, 1.82) is 0 Å². The molecule has 2 fully saturated rings. The van der Waals surface area contributed by atoms with Crippen molar-refractivity contribution in [2.24, 2.45) is 5.92 Å². The summed E-state index contributed by atoms with van der Waals surface area (Å²) < 4.78 is 5.42. The highest BCUT2D eigenvalue weighted by Gasteiger charge is 2.41. The third kappa shape index (κ3) is 5.13. The van der Waals surface area contributed by atoms with Gasteiger partial charge in [0, 0.05) is 55.7 Å². The maximum Gasteiger partial charge on any atom is 0.225 e. The van der Waals surface area contributed by atoms with Crippen molar-refractivity contribution in [3.63, 3.8) is 0 Å². The van der Waals surface area contributed by atoms with Crippen LogP contribution in [0.3, 0.4) is 0 Å². The highest BCUT2D eigenvalue weighted by molar-refractivity contribution is 6.30. The van der Waals surface area contributed by atoms with Crippen molar-refractivity contribution in [3.05, 3.63) is 59.1 Å². The zero-order valence-electron chi connectivity index (χ0n) is 19.1. The Hall–Kier alpha value is -2.28. The predicted molar refractivity (Wildman–Crippen MR) is 133 cm³/mol. The van der Waals surface area contributed by atoms with Gasteiger partial charge < -0.3 is 19.9 Å². The summed E-state index contributed by atoms with van der Waals surface area (Å²) >= 11 is 6.26. The first-order valence-corrected chi connectivity index (χ1v) is 12.5. The van der Waals surface area contributed by atoms with E-state index in [-0.39, 0.29) is 17.9 Å². The summed E-state index contributed by atoms with van der Waals surface area (Å²) in [4.78, 5) is 20.6. The van der Waals surface area contributed by atoms with Gasteiger partial charge in [-0.05, 0) is 49.2 Å². The largest absolute Gasteiger partial charge is 0.379 e. The highest BCUT2D eigenvalue weighted by atomic mass is 35.5. The van der Waals surface area contributed by atoms with Gasteiger partial charge in [-0.2, -0.15) is 0 Å². The normalized spacial score (nSPS) is 23.1. The number of amides is 1. The van der Waals surface area contributed by atoms with Gasteiger partial charge in [-0.3, -0.25) is 9.69 Å². The lowest BCUT2D eigenvalue weighted by Gasteiger charge is -2.49. The number of piperazine rings is 1. The quantitative estimate of drug-likeness (QED) is 0.660. The van der Waals surface area contributed by atoms with E-state index in [1.807, 2.05) is 18.2 Å². The molecule has 6 nitrogen and oxygen atoms in total. The number of para-hydroxylation sites is 1. The fraction of sp³-hybridized carbons (Fsp3) is 0.500. The van der Waals surface area contributed by atoms with E-state index in [1.54, 1.807) is 0 Å². The number of hydrogen-bond acceptors (Lipinski definition) is 5. The van der Waals surface area contributed by atoms with E-state index < -0.39 is 0 Å². The molecule has 7 heteroatoms. The molecule has 0 bridgehead atoms. The Morgan fingerprint density at radius 1 is 1.06 bits per heavy atom. The van der Waals surface area contributed by atoms with Crippen LogP contribution in [0.4, 0.5) is 11.4 Å². The van der Waals surface area contributed by atoms with Gasteiger partial charge in [0.05, 0.1) is 25.2 Å². The van der Waals surface area contributed by atoms with Crippen molar-refractivity contribution in [3.8, 4) is 0 Å². The molecule has 0 aromatic heterocycles. The molecule has 3 aliphatic heterocycles. The van der Waals surface area contributed by atoms with Gasteiger partial charge in [0.2, 0.25) is 5.91 Å². The maximum atomic E-state index is 13.4. The highest BCUT2D eigenvalue weighted by Crippen LogP contribution is 2.37. The van der Waals surface area contributed by atoms with Crippen LogP contribution in [0.15, 0.2) is 48.5 Å². The summed E-state index contributed by atoms with van der Waals surface area (Å²) in [6.07, 6.45) is 1.76. The molecule has 0 spiro atoms. The van der Waals surface area contributed by atoms with Crippen LogP contribution in [-0.2, 0) is 16.0 Å². The van der Waals surface area contributed by atoms with Crippen molar-refractivity contribution in [2.45, 2.75) is 18.9 Å². The van der Waals surface area contributed by atoms with Crippen LogP contribution in [0.2, 0.25) is 5.02 Å². The first kappa shape index (κ1) is 22.5. The van der Waals surface area contributed by atoms with Gasteiger partial charge in [-0.15, -0.1) is 0 Å². The van der Waals surface area contributed by atoms with E-state index in [0.29, 0.717) is 0 Å². The third-order valence-corrected chi connectivity index (χ3v) is 7.42. The molecule has 2 aromatic rings. The minimum Gasteiger partial charge on any atom is -0.379 e.